The van der Waals surface area contributed by atoms with Gasteiger partial charge in [-0.15, -0.1) is 0 Å². The molecule has 1 atom stereocenters. The topological polar surface area (TPSA) is 167 Å². The molecule has 11 heteroatoms. The summed E-state index contributed by atoms with van der Waals surface area (Å²) in [5, 5.41) is 21.6. The number of fused-ring (bicyclic) bond motifs is 1. The zero-order chi connectivity index (χ0) is 19.8. The number of aromatic hydroxyl groups is 1. The fourth-order valence-corrected chi connectivity index (χ4v) is 4.07. The minimum atomic E-state index is -1.28. The third kappa shape index (κ3) is 3.56. The fourth-order valence-electron chi connectivity index (χ4n) is 2.79. The van der Waals surface area contributed by atoms with Gasteiger partial charge in [0.15, 0.2) is 5.65 Å². The van der Waals surface area contributed by atoms with Gasteiger partial charge in [-0.25, -0.2) is 14.8 Å². The van der Waals surface area contributed by atoms with Crippen LogP contribution in [-0.2, 0) is 4.79 Å². The van der Waals surface area contributed by atoms with Crippen molar-refractivity contribution in [1.29, 1.82) is 0 Å². The number of thioether (sulfide) groups is 1. The number of hydrogen-bond donors (Lipinski definition) is 5. The summed E-state index contributed by atoms with van der Waals surface area (Å²) in [6.45, 7) is 0. The number of imidazole rings is 1. The highest BCUT2D eigenvalue weighted by Crippen LogP contribution is 2.43. The van der Waals surface area contributed by atoms with Crippen LogP contribution in [0.5, 0.6) is 5.75 Å². The van der Waals surface area contributed by atoms with Crippen LogP contribution in [0.25, 0.3) is 11.2 Å². The van der Waals surface area contributed by atoms with Crippen LogP contribution in [-0.4, -0.2) is 47.3 Å². The van der Waals surface area contributed by atoms with Crippen LogP contribution >= 0.6 is 11.8 Å². The van der Waals surface area contributed by atoms with Crippen molar-refractivity contribution >= 4 is 46.4 Å². The predicted molar refractivity (Wildman–Crippen MR) is 102 cm³/mol. The minimum Gasteiger partial charge on any atom is -0.507 e. The number of carbonyl (C=O) groups excluding carboxylic acids is 1. The molecule has 0 aliphatic heterocycles. The Labute approximate surface area is 162 Å². The van der Waals surface area contributed by atoms with Crippen molar-refractivity contribution in [2.75, 3.05) is 11.1 Å². The van der Waals surface area contributed by atoms with Gasteiger partial charge < -0.3 is 26.2 Å². The van der Waals surface area contributed by atoms with Crippen molar-refractivity contribution in [2.45, 2.75) is 23.1 Å². The van der Waals surface area contributed by atoms with E-state index in [9.17, 15) is 14.7 Å². The molecule has 0 bridgehead atoms. The molecule has 1 aliphatic rings. The number of aromatic carboxylic acids is 1. The molecule has 10 nitrogen and oxygen atoms in total. The fraction of sp³-hybridized carbons (Fsp3) is 0.235. The molecule has 1 aliphatic carbocycles. The van der Waals surface area contributed by atoms with Crippen LogP contribution in [0.2, 0.25) is 0 Å². The number of nitrogen functional groups attached to an aromatic ring is 1. The number of anilines is 2. The Morgan fingerprint density at radius 1 is 1.32 bits per heavy atom. The van der Waals surface area contributed by atoms with E-state index >= 15 is 0 Å². The van der Waals surface area contributed by atoms with Gasteiger partial charge in [-0.3, -0.25) is 4.79 Å². The van der Waals surface area contributed by atoms with E-state index in [1.54, 1.807) is 0 Å². The molecule has 0 unspecified atom stereocenters. The molecule has 28 heavy (non-hydrogen) atoms. The lowest BCUT2D eigenvalue weighted by Gasteiger charge is -2.16. The monoisotopic (exact) mass is 400 g/mol. The molecule has 0 saturated heterocycles. The van der Waals surface area contributed by atoms with Gasteiger partial charge in [-0.2, -0.15) is 4.98 Å². The maximum atomic E-state index is 12.9. The highest BCUT2D eigenvalue weighted by atomic mass is 32.2. The van der Waals surface area contributed by atoms with Gasteiger partial charge in [0.25, 0.3) is 0 Å². The second-order valence-corrected chi connectivity index (χ2v) is 7.52. The quantitative estimate of drug-likeness (QED) is 0.235. The molecule has 4 rings (SSSR count). The van der Waals surface area contributed by atoms with Gasteiger partial charge in [0.2, 0.25) is 11.9 Å². The molecular formula is C17H16N6O4S. The summed E-state index contributed by atoms with van der Waals surface area (Å²) in [4.78, 5) is 39.4. The van der Waals surface area contributed by atoms with E-state index in [4.69, 9.17) is 10.8 Å². The standard InChI is InChI=1S/C17H16N6O4S/c18-17-22-13-11(19-6-20-13)15(23-17)28-12(7-1-2-7)14(25)21-8-3-4-10(24)9(5-8)16(26)27/h3-7,12,24H,1-2H2,(H,21,25)(H,26,27)(H3,18,19,20,22,23)/t12-/m0/s1. The van der Waals surface area contributed by atoms with Crippen LogP contribution < -0.4 is 11.1 Å². The number of amides is 1. The summed E-state index contributed by atoms with van der Waals surface area (Å²) >= 11 is 1.27. The van der Waals surface area contributed by atoms with Crippen LogP contribution in [0.15, 0.2) is 29.6 Å². The second-order valence-electron chi connectivity index (χ2n) is 6.39. The number of hydrogen-bond acceptors (Lipinski definition) is 8. The first-order valence-corrected chi connectivity index (χ1v) is 9.31. The molecule has 0 spiro atoms. The average molecular weight is 400 g/mol. The molecule has 2 aromatic heterocycles. The van der Waals surface area contributed by atoms with Gasteiger partial charge in [0.1, 0.15) is 21.9 Å². The number of nitrogens with one attached hydrogen (secondary N) is 2. The molecule has 1 saturated carbocycles. The van der Waals surface area contributed by atoms with E-state index in [1.165, 1.54) is 36.3 Å². The third-order valence-electron chi connectivity index (χ3n) is 4.31. The van der Waals surface area contributed by atoms with Gasteiger partial charge >= 0.3 is 5.97 Å². The summed E-state index contributed by atoms with van der Waals surface area (Å²) in [5.74, 6) is -1.67. The number of nitrogens with zero attached hydrogens (tertiary/aromatic N) is 3. The van der Waals surface area contributed by atoms with Crippen molar-refractivity contribution in [3.8, 4) is 5.75 Å². The van der Waals surface area contributed by atoms with E-state index in [-0.39, 0.29) is 29.1 Å². The summed E-state index contributed by atoms with van der Waals surface area (Å²) in [7, 11) is 0. The first kappa shape index (κ1) is 18.0. The molecule has 0 radical (unpaired) electrons. The van der Waals surface area contributed by atoms with E-state index in [2.05, 4.69) is 25.3 Å². The summed E-state index contributed by atoms with van der Waals surface area (Å²) in [5.41, 5.74) is 6.78. The largest absolute Gasteiger partial charge is 0.507 e. The Hall–Kier alpha value is -3.34. The Bertz CT molecular complexity index is 1080. The Kier molecular flexibility index (Phi) is 4.51. The highest BCUT2D eigenvalue weighted by Gasteiger charge is 2.38. The van der Waals surface area contributed by atoms with Gasteiger partial charge in [0, 0.05) is 5.69 Å². The van der Waals surface area contributed by atoms with E-state index < -0.39 is 11.2 Å². The van der Waals surface area contributed by atoms with Crippen molar-refractivity contribution < 1.29 is 19.8 Å². The molecule has 1 amide bonds. The minimum absolute atomic E-state index is 0.0710. The van der Waals surface area contributed by atoms with E-state index in [0.717, 1.165) is 12.8 Å². The Morgan fingerprint density at radius 3 is 2.82 bits per heavy atom. The number of carbonyl (C=O) groups is 2. The normalized spacial score (nSPS) is 14.7. The van der Waals surface area contributed by atoms with Crippen LogP contribution in [0.3, 0.4) is 0 Å². The number of phenols is 1. The summed E-state index contributed by atoms with van der Waals surface area (Å²) < 4.78 is 0. The Morgan fingerprint density at radius 2 is 2.11 bits per heavy atom. The lowest BCUT2D eigenvalue weighted by atomic mass is 10.1. The van der Waals surface area contributed by atoms with Crippen molar-refractivity contribution in [1.82, 2.24) is 19.9 Å². The van der Waals surface area contributed by atoms with Crippen molar-refractivity contribution in [3.05, 3.63) is 30.1 Å². The molecule has 2 heterocycles. The molecule has 1 aromatic carbocycles. The number of nitrogens with two attached hydrogens (primary N) is 1. The van der Waals surface area contributed by atoms with E-state index in [0.29, 0.717) is 21.9 Å². The molecule has 144 valence electrons. The summed E-state index contributed by atoms with van der Waals surface area (Å²) in [6, 6.07) is 3.90. The number of rotatable bonds is 6. The number of aromatic amines is 1. The number of H-pyrrole nitrogens is 1. The smallest absolute Gasteiger partial charge is 0.339 e. The highest BCUT2D eigenvalue weighted by molar-refractivity contribution is 8.00. The van der Waals surface area contributed by atoms with Crippen molar-refractivity contribution in [3.63, 3.8) is 0 Å². The Balaban J connectivity index is 1.58. The van der Waals surface area contributed by atoms with Gasteiger partial charge in [0.05, 0.1) is 11.6 Å². The SMILES string of the molecule is Nc1nc(S[C@H](C(=O)Nc2ccc(O)c(C(=O)O)c2)C2CC2)c2[nH]cnc2n1. The second kappa shape index (κ2) is 7.00. The average Bonchev–Trinajstić information content (AvgIpc) is 3.37. The molecule has 6 N–H and O–H groups in total. The molecule has 3 aromatic rings. The van der Waals surface area contributed by atoms with Crippen LogP contribution in [0.1, 0.15) is 23.2 Å². The number of benzene rings is 1. The third-order valence-corrected chi connectivity index (χ3v) is 5.68. The first-order chi connectivity index (χ1) is 13.4. The molecule has 1 fully saturated rings. The lowest BCUT2D eigenvalue weighted by Crippen LogP contribution is -2.27. The van der Waals surface area contributed by atoms with E-state index in [1.807, 2.05) is 0 Å². The lowest BCUT2D eigenvalue weighted by molar-refractivity contribution is -0.116. The maximum Gasteiger partial charge on any atom is 0.339 e. The van der Waals surface area contributed by atoms with Crippen LogP contribution in [0, 0.1) is 5.92 Å². The number of aromatic nitrogens is 4. The van der Waals surface area contributed by atoms with Gasteiger partial charge in [-0.05, 0) is 37.0 Å². The number of carboxylic acids is 1. The maximum absolute atomic E-state index is 12.9. The zero-order valence-electron chi connectivity index (χ0n) is 14.4. The molecular weight excluding hydrogens is 384 g/mol. The van der Waals surface area contributed by atoms with Crippen molar-refractivity contribution in [2.24, 2.45) is 5.92 Å². The predicted octanol–water partition coefficient (Wildman–Crippen LogP) is 1.85. The number of carboxylic acid groups (broad SMARTS) is 1. The van der Waals surface area contributed by atoms with Gasteiger partial charge in [-0.1, -0.05) is 11.8 Å². The summed E-state index contributed by atoms with van der Waals surface area (Å²) in [6.07, 6.45) is 3.31. The van der Waals surface area contributed by atoms with Crippen LogP contribution in [0.4, 0.5) is 11.6 Å². The first-order valence-electron chi connectivity index (χ1n) is 8.43. The zero-order valence-corrected chi connectivity index (χ0v) is 15.2.